The summed E-state index contributed by atoms with van der Waals surface area (Å²) in [6.45, 7) is 4.15. The second-order valence-electron chi connectivity index (χ2n) is 15.5. The minimum Gasteiger partial charge on any atom is -0.462 e. The lowest BCUT2D eigenvalue weighted by molar-refractivity contribution is -0.161. The van der Waals surface area contributed by atoms with Gasteiger partial charge in [0.1, 0.15) is 6.61 Å². The number of unbranched alkanes of at least 4 members (excludes halogenated alkanes) is 30. The van der Waals surface area contributed by atoms with Crippen molar-refractivity contribution in [3.63, 3.8) is 0 Å². The summed E-state index contributed by atoms with van der Waals surface area (Å²) in [6, 6.07) is 0. The molecule has 0 amide bonds. The highest BCUT2D eigenvalue weighted by atomic mass is 16.6. The number of carbonyl (C=O) groups excluding carboxylic acids is 2. The molecule has 0 aliphatic carbocycles. The first-order chi connectivity index (χ1) is 25.6. The van der Waals surface area contributed by atoms with Gasteiger partial charge >= 0.3 is 11.9 Å². The van der Waals surface area contributed by atoms with Crippen molar-refractivity contribution in [1.29, 1.82) is 0 Å². The lowest BCUT2D eigenvalue weighted by Crippen LogP contribution is -2.28. The van der Waals surface area contributed by atoms with Gasteiger partial charge in [-0.3, -0.25) is 9.59 Å². The summed E-state index contributed by atoms with van der Waals surface area (Å²) in [5, 5.41) is 9.59. The smallest absolute Gasteiger partial charge is 0.306 e. The Hall–Kier alpha value is -1.62. The number of aliphatic hydroxyl groups is 1. The van der Waals surface area contributed by atoms with Gasteiger partial charge in [-0.1, -0.05) is 192 Å². The Kier molecular flexibility index (Phi) is 42.4. The molecular formula is C47H88O5. The van der Waals surface area contributed by atoms with Gasteiger partial charge in [0.25, 0.3) is 0 Å². The summed E-state index contributed by atoms with van der Waals surface area (Å²) in [7, 11) is 0. The maximum atomic E-state index is 12.2. The van der Waals surface area contributed by atoms with E-state index in [1.807, 2.05) is 0 Å². The van der Waals surface area contributed by atoms with E-state index >= 15 is 0 Å². The predicted octanol–water partition coefficient (Wildman–Crippen LogP) is 14.6. The Balaban J connectivity index is 3.50. The zero-order valence-corrected chi connectivity index (χ0v) is 34.8. The lowest BCUT2D eigenvalue weighted by atomic mass is 10.1. The van der Waals surface area contributed by atoms with E-state index in [2.05, 4.69) is 38.2 Å². The Labute approximate surface area is 323 Å². The first-order valence-corrected chi connectivity index (χ1v) is 22.9. The normalized spacial score (nSPS) is 12.3. The van der Waals surface area contributed by atoms with E-state index < -0.39 is 6.10 Å². The van der Waals surface area contributed by atoms with Crippen molar-refractivity contribution in [3.05, 3.63) is 24.3 Å². The molecule has 306 valence electrons. The first kappa shape index (κ1) is 50.4. The summed E-state index contributed by atoms with van der Waals surface area (Å²) < 4.78 is 10.7. The molecule has 0 aromatic rings. The van der Waals surface area contributed by atoms with Crippen molar-refractivity contribution in [2.24, 2.45) is 0 Å². The maximum absolute atomic E-state index is 12.2. The van der Waals surface area contributed by atoms with E-state index in [1.54, 1.807) is 0 Å². The fourth-order valence-electron chi connectivity index (χ4n) is 6.72. The summed E-state index contributed by atoms with van der Waals surface area (Å²) >= 11 is 0. The van der Waals surface area contributed by atoms with Gasteiger partial charge in [0.2, 0.25) is 0 Å². The quantitative estimate of drug-likeness (QED) is 0.0384. The van der Waals surface area contributed by atoms with Gasteiger partial charge in [-0.15, -0.1) is 0 Å². The largest absolute Gasteiger partial charge is 0.462 e. The third-order valence-electron chi connectivity index (χ3n) is 10.2. The molecule has 0 aliphatic rings. The molecule has 0 rings (SSSR count). The topological polar surface area (TPSA) is 72.8 Å². The van der Waals surface area contributed by atoms with Crippen LogP contribution >= 0.6 is 0 Å². The highest BCUT2D eigenvalue weighted by molar-refractivity contribution is 5.70. The maximum Gasteiger partial charge on any atom is 0.306 e. The second-order valence-corrected chi connectivity index (χ2v) is 15.5. The second kappa shape index (κ2) is 43.8. The Morgan fingerprint density at radius 1 is 0.423 bits per heavy atom. The van der Waals surface area contributed by atoms with Crippen LogP contribution in [0.4, 0.5) is 0 Å². The molecule has 0 spiro atoms. The van der Waals surface area contributed by atoms with Crippen LogP contribution in [0.3, 0.4) is 0 Å². The van der Waals surface area contributed by atoms with E-state index in [-0.39, 0.29) is 25.2 Å². The average Bonchev–Trinajstić information content (AvgIpc) is 3.15. The van der Waals surface area contributed by atoms with Crippen LogP contribution in [0, 0.1) is 0 Å². The Morgan fingerprint density at radius 3 is 1.04 bits per heavy atom. The van der Waals surface area contributed by atoms with Gasteiger partial charge in [0, 0.05) is 12.8 Å². The molecule has 0 heterocycles. The van der Waals surface area contributed by atoms with Crippen molar-refractivity contribution in [2.45, 2.75) is 251 Å². The standard InChI is InChI=1S/C47H88O5/c1-3-5-7-9-11-13-15-17-19-21-23-25-27-29-31-33-35-37-39-41-46(49)51-44-45(43-48)52-47(50)42-40-38-36-34-32-30-28-26-24-22-20-18-16-14-12-10-8-6-4-2/h17-20,45,48H,3-16,21-44H2,1-2H3/t45-/m0/s1. The van der Waals surface area contributed by atoms with E-state index in [9.17, 15) is 14.7 Å². The third-order valence-corrected chi connectivity index (χ3v) is 10.2. The summed E-state index contributed by atoms with van der Waals surface area (Å²) in [5.41, 5.74) is 0. The van der Waals surface area contributed by atoms with Crippen LogP contribution in [0.15, 0.2) is 24.3 Å². The van der Waals surface area contributed by atoms with Gasteiger partial charge in [-0.2, -0.15) is 0 Å². The van der Waals surface area contributed by atoms with Gasteiger partial charge in [-0.05, 0) is 64.2 Å². The molecule has 0 fully saturated rings. The average molecular weight is 733 g/mol. The molecule has 0 aliphatic heterocycles. The molecule has 0 bridgehead atoms. The van der Waals surface area contributed by atoms with Crippen molar-refractivity contribution >= 4 is 11.9 Å². The van der Waals surface area contributed by atoms with E-state index in [0.29, 0.717) is 12.8 Å². The SMILES string of the molecule is CCCCCCCCC=CCCCCCCCCCCCC(=O)OC[C@H](CO)OC(=O)CCCCCCCCCCCC=CCCCCCCCC. The van der Waals surface area contributed by atoms with Crippen LogP contribution in [0.2, 0.25) is 0 Å². The lowest BCUT2D eigenvalue weighted by Gasteiger charge is -2.15. The molecule has 0 saturated carbocycles. The molecule has 5 nitrogen and oxygen atoms in total. The minimum atomic E-state index is -0.770. The number of rotatable bonds is 42. The Bertz CT molecular complexity index is 791. The number of carbonyl (C=O) groups is 2. The van der Waals surface area contributed by atoms with Crippen molar-refractivity contribution in [1.82, 2.24) is 0 Å². The van der Waals surface area contributed by atoms with Gasteiger partial charge in [-0.25, -0.2) is 0 Å². The van der Waals surface area contributed by atoms with Crippen molar-refractivity contribution in [2.75, 3.05) is 13.2 Å². The molecule has 1 N–H and O–H groups in total. The fourth-order valence-corrected chi connectivity index (χ4v) is 6.72. The Morgan fingerprint density at radius 2 is 0.712 bits per heavy atom. The van der Waals surface area contributed by atoms with Crippen molar-refractivity contribution < 1.29 is 24.2 Å². The highest BCUT2D eigenvalue weighted by Crippen LogP contribution is 2.15. The number of ether oxygens (including phenoxy) is 2. The number of hydrogen-bond donors (Lipinski definition) is 1. The molecule has 0 unspecified atom stereocenters. The van der Waals surface area contributed by atoms with Gasteiger partial charge in [0.15, 0.2) is 6.10 Å². The molecule has 5 heteroatoms. The van der Waals surface area contributed by atoms with Crippen LogP contribution < -0.4 is 0 Å². The van der Waals surface area contributed by atoms with E-state index in [0.717, 1.165) is 38.5 Å². The molecule has 52 heavy (non-hydrogen) atoms. The van der Waals surface area contributed by atoms with Crippen LogP contribution in [-0.2, 0) is 19.1 Å². The monoisotopic (exact) mass is 733 g/mol. The number of aliphatic hydroxyl groups excluding tert-OH is 1. The molecule has 0 aromatic heterocycles. The molecule has 0 aromatic carbocycles. The van der Waals surface area contributed by atoms with E-state index in [1.165, 1.54) is 180 Å². The summed E-state index contributed by atoms with van der Waals surface area (Å²) in [5.74, 6) is -0.585. The zero-order chi connectivity index (χ0) is 37.8. The first-order valence-electron chi connectivity index (χ1n) is 22.9. The third kappa shape index (κ3) is 41.1. The molecule has 1 atom stereocenters. The van der Waals surface area contributed by atoms with Gasteiger partial charge < -0.3 is 14.6 Å². The van der Waals surface area contributed by atoms with Crippen LogP contribution in [0.1, 0.15) is 245 Å². The molecular weight excluding hydrogens is 645 g/mol. The summed E-state index contributed by atoms with van der Waals surface area (Å²) in [4.78, 5) is 24.4. The molecule has 0 radical (unpaired) electrons. The predicted molar refractivity (Wildman–Crippen MR) is 224 cm³/mol. The van der Waals surface area contributed by atoms with Crippen LogP contribution in [-0.4, -0.2) is 36.4 Å². The fraction of sp³-hybridized carbons (Fsp3) is 0.872. The van der Waals surface area contributed by atoms with Crippen molar-refractivity contribution in [3.8, 4) is 0 Å². The number of esters is 2. The summed E-state index contributed by atoms with van der Waals surface area (Å²) in [6.07, 6.45) is 52.5. The number of hydrogen-bond acceptors (Lipinski definition) is 5. The van der Waals surface area contributed by atoms with Gasteiger partial charge in [0.05, 0.1) is 6.61 Å². The highest BCUT2D eigenvalue weighted by Gasteiger charge is 2.16. The molecule has 0 saturated heterocycles. The minimum absolute atomic E-state index is 0.0640. The van der Waals surface area contributed by atoms with Crippen LogP contribution in [0.25, 0.3) is 0 Å². The van der Waals surface area contributed by atoms with E-state index in [4.69, 9.17) is 9.47 Å². The zero-order valence-electron chi connectivity index (χ0n) is 34.8. The number of allylic oxidation sites excluding steroid dienone is 4. The van der Waals surface area contributed by atoms with Crippen LogP contribution in [0.5, 0.6) is 0 Å².